The number of thiophene rings is 1. The highest BCUT2D eigenvalue weighted by Crippen LogP contribution is 2.41. The van der Waals surface area contributed by atoms with Crippen molar-refractivity contribution in [2.24, 2.45) is 5.41 Å². The Labute approximate surface area is 146 Å². The molecule has 126 valence electrons. The molecule has 6 heteroatoms. The average Bonchev–Trinajstić information content (AvgIpc) is 3.27. The molecule has 0 radical (unpaired) electrons. The van der Waals surface area contributed by atoms with Crippen LogP contribution in [0.5, 0.6) is 0 Å². The molecular formula is C18H22N4OS. The summed E-state index contributed by atoms with van der Waals surface area (Å²) in [5.41, 5.74) is 1.05. The normalized spacial score (nSPS) is 20.6. The molecule has 0 aliphatic carbocycles. The summed E-state index contributed by atoms with van der Waals surface area (Å²) >= 11 is 1.84. The molecule has 0 atom stereocenters. The number of piperidine rings is 1. The molecule has 24 heavy (non-hydrogen) atoms. The van der Waals surface area contributed by atoms with Crippen LogP contribution in [-0.2, 0) is 6.54 Å². The number of amides is 1. The number of likely N-dealkylation sites (tertiary alicyclic amines) is 2. The third-order valence-electron chi connectivity index (χ3n) is 5.42. The lowest BCUT2D eigenvalue weighted by Crippen LogP contribution is -2.44. The van der Waals surface area contributed by atoms with Gasteiger partial charge in [-0.2, -0.15) is 10.2 Å². The highest BCUT2D eigenvalue weighted by atomic mass is 32.1. The molecule has 1 amide bonds. The zero-order valence-electron chi connectivity index (χ0n) is 13.7. The van der Waals surface area contributed by atoms with Gasteiger partial charge in [-0.1, -0.05) is 6.07 Å². The van der Waals surface area contributed by atoms with E-state index in [1.165, 1.54) is 24.4 Å². The van der Waals surface area contributed by atoms with Gasteiger partial charge >= 0.3 is 0 Å². The van der Waals surface area contributed by atoms with Crippen molar-refractivity contribution in [3.8, 4) is 0 Å². The average molecular weight is 342 g/mol. The van der Waals surface area contributed by atoms with Gasteiger partial charge in [0.1, 0.15) is 0 Å². The molecule has 0 aromatic carbocycles. The van der Waals surface area contributed by atoms with Gasteiger partial charge in [0.15, 0.2) is 0 Å². The topological polar surface area (TPSA) is 49.3 Å². The van der Waals surface area contributed by atoms with Gasteiger partial charge in [0, 0.05) is 31.1 Å². The zero-order chi connectivity index (χ0) is 16.4. The predicted octanol–water partition coefficient (Wildman–Crippen LogP) is 2.67. The van der Waals surface area contributed by atoms with Crippen molar-refractivity contribution in [2.45, 2.75) is 25.8 Å². The van der Waals surface area contributed by atoms with E-state index in [4.69, 9.17) is 0 Å². The third kappa shape index (κ3) is 3.21. The fourth-order valence-electron chi connectivity index (χ4n) is 3.98. The van der Waals surface area contributed by atoms with Crippen molar-refractivity contribution in [3.05, 3.63) is 46.4 Å². The second kappa shape index (κ2) is 6.61. The summed E-state index contributed by atoms with van der Waals surface area (Å²) in [6, 6.07) is 6.10. The van der Waals surface area contributed by atoms with Crippen molar-refractivity contribution in [2.75, 3.05) is 26.2 Å². The van der Waals surface area contributed by atoms with Crippen LogP contribution in [0.3, 0.4) is 0 Å². The Hall–Kier alpha value is -1.79. The molecule has 2 aromatic heterocycles. The van der Waals surface area contributed by atoms with E-state index in [0.717, 1.165) is 32.5 Å². The second-order valence-electron chi connectivity index (χ2n) is 6.96. The number of hydrogen-bond donors (Lipinski definition) is 0. The first kappa shape index (κ1) is 15.7. The Morgan fingerprint density at radius 3 is 2.71 bits per heavy atom. The SMILES string of the molecule is O=C(c1ccnnc1)N1CCC2(CCN(Cc3cccs3)C2)CC1. The van der Waals surface area contributed by atoms with Crippen LogP contribution in [0, 0.1) is 5.41 Å². The maximum atomic E-state index is 12.5. The van der Waals surface area contributed by atoms with Gasteiger partial charge in [0.2, 0.25) is 0 Å². The number of aromatic nitrogens is 2. The molecule has 5 nitrogen and oxygen atoms in total. The Morgan fingerprint density at radius 1 is 1.17 bits per heavy atom. The first-order valence-corrected chi connectivity index (χ1v) is 9.43. The van der Waals surface area contributed by atoms with Crippen molar-refractivity contribution >= 4 is 17.2 Å². The van der Waals surface area contributed by atoms with Gasteiger partial charge in [0.25, 0.3) is 5.91 Å². The number of carbonyl (C=O) groups excluding carboxylic acids is 1. The summed E-state index contributed by atoms with van der Waals surface area (Å²) in [5, 5.41) is 9.71. The minimum atomic E-state index is 0.0909. The molecule has 2 saturated heterocycles. The fraction of sp³-hybridized carbons (Fsp3) is 0.500. The van der Waals surface area contributed by atoms with Crippen molar-refractivity contribution in [1.82, 2.24) is 20.0 Å². The largest absolute Gasteiger partial charge is 0.339 e. The summed E-state index contributed by atoms with van der Waals surface area (Å²) < 4.78 is 0. The first-order chi connectivity index (χ1) is 11.7. The molecule has 2 aliphatic heterocycles. The van der Waals surface area contributed by atoms with Crippen LogP contribution in [-0.4, -0.2) is 52.1 Å². The van der Waals surface area contributed by atoms with Crippen molar-refractivity contribution in [3.63, 3.8) is 0 Å². The minimum absolute atomic E-state index is 0.0909. The summed E-state index contributed by atoms with van der Waals surface area (Å²) in [4.78, 5) is 18.5. The molecule has 2 aliphatic rings. The van der Waals surface area contributed by atoms with Gasteiger partial charge in [0.05, 0.1) is 18.0 Å². The van der Waals surface area contributed by atoms with Gasteiger partial charge in [-0.15, -0.1) is 11.3 Å². The lowest BCUT2D eigenvalue weighted by molar-refractivity contribution is 0.0587. The van der Waals surface area contributed by atoms with Crippen molar-refractivity contribution in [1.29, 1.82) is 0 Å². The van der Waals surface area contributed by atoms with E-state index in [9.17, 15) is 4.79 Å². The molecule has 0 bridgehead atoms. The molecular weight excluding hydrogens is 320 g/mol. The van der Waals surface area contributed by atoms with Crippen LogP contribution >= 0.6 is 11.3 Å². The zero-order valence-corrected chi connectivity index (χ0v) is 14.5. The molecule has 0 N–H and O–H groups in total. The van der Waals surface area contributed by atoms with E-state index in [1.54, 1.807) is 18.5 Å². The number of carbonyl (C=O) groups is 1. The fourth-order valence-corrected chi connectivity index (χ4v) is 4.72. The van der Waals surface area contributed by atoms with E-state index in [2.05, 4.69) is 32.6 Å². The summed E-state index contributed by atoms with van der Waals surface area (Å²) in [6.45, 7) is 5.14. The van der Waals surface area contributed by atoms with Crippen LogP contribution in [0.4, 0.5) is 0 Å². The predicted molar refractivity (Wildman–Crippen MR) is 93.8 cm³/mol. The number of nitrogens with zero attached hydrogens (tertiary/aromatic N) is 4. The quantitative estimate of drug-likeness (QED) is 0.860. The Kier molecular flexibility index (Phi) is 4.33. The minimum Gasteiger partial charge on any atom is -0.339 e. The Morgan fingerprint density at radius 2 is 2.00 bits per heavy atom. The van der Waals surface area contributed by atoms with Crippen LogP contribution in [0.15, 0.2) is 36.0 Å². The molecule has 2 fully saturated rings. The molecule has 1 spiro atoms. The highest BCUT2D eigenvalue weighted by molar-refractivity contribution is 7.09. The lowest BCUT2D eigenvalue weighted by Gasteiger charge is -2.39. The Bertz CT molecular complexity index is 680. The van der Waals surface area contributed by atoms with Gasteiger partial charge in [-0.05, 0) is 48.7 Å². The molecule has 4 heterocycles. The lowest BCUT2D eigenvalue weighted by atomic mass is 9.77. The molecule has 0 unspecified atom stereocenters. The number of rotatable bonds is 3. The third-order valence-corrected chi connectivity index (χ3v) is 6.28. The van der Waals surface area contributed by atoms with Crippen LogP contribution < -0.4 is 0 Å². The highest BCUT2D eigenvalue weighted by Gasteiger charge is 2.41. The van der Waals surface area contributed by atoms with Gasteiger partial charge in [-0.25, -0.2) is 0 Å². The van der Waals surface area contributed by atoms with Crippen LogP contribution in [0.2, 0.25) is 0 Å². The number of hydrogen-bond acceptors (Lipinski definition) is 5. The summed E-state index contributed by atoms with van der Waals surface area (Å²) in [7, 11) is 0. The van der Waals surface area contributed by atoms with Gasteiger partial charge in [-0.3, -0.25) is 9.69 Å². The van der Waals surface area contributed by atoms with Crippen LogP contribution in [0.25, 0.3) is 0 Å². The second-order valence-corrected chi connectivity index (χ2v) is 8.00. The van der Waals surface area contributed by atoms with Crippen LogP contribution in [0.1, 0.15) is 34.5 Å². The maximum absolute atomic E-state index is 12.5. The van der Waals surface area contributed by atoms with E-state index < -0.39 is 0 Å². The molecule has 0 saturated carbocycles. The van der Waals surface area contributed by atoms with E-state index in [1.807, 2.05) is 16.2 Å². The van der Waals surface area contributed by atoms with E-state index in [0.29, 0.717) is 11.0 Å². The van der Waals surface area contributed by atoms with Gasteiger partial charge < -0.3 is 4.90 Å². The molecule has 4 rings (SSSR count). The van der Waals surface area contributed by atoms with Crippen molar-refractivity contribution < 1.29 is 4.79 Å². The first-order valence-electron chi connectivity index (χ1n) is 8.55. The molecule has 2 aromatic rings. The van der Waals surface area contributed by atoms with E-state index >= 15 is 0 Å². The summed E-state index contributed by atoms with van der Waals surface area (Å²) in [5.74, 6) is 0.0909. The smallest absolute Gasteiger partial charge is 0.255 e. The Balaban J connectivity index is 1.34. The standard InChI is InChI=1S/C18H22N4OS/c23-17(15-3-7-19-20-12-15)22-9-5-18(6-10-22)4-8-21(14-18)13-16-2-1-11-24-16/h1-3,7,11-12H,4-6,8-10,13-14H2. The maximum Gasteiger partial charge on any atom is 0.255 e. The van der Waals surface area contributed by atoms with E-state index in [-0.39, 0.29) is 5.91 Å². The monoisotopic (exact) mass is 342 g/mol. The summed E-state index contributed by atoms with van der Waals surface area (Å²) in [6.07, 6.45) is 6.62.